The van der Waals surface area contributed by atoms with E-state index >= 15 is 0 Å². The van der Waals surface area contributed by atoms with E-state index < -0.39 is 0 Å². The number of unbranched alkanes of at least 4 members (excludes halogenated alkanes) is 22. The van der Waals surface area contributed by atoms with Crippen molar-refractivity contribution in [1.82, 2.24) is 9.80 Å². The predicted octanol–water partition coefficient (Wildman–Crippen LogP) is 13.7. The van der Waals surface area contributed by atoms with Crippen LogP contribution in [0.2, 0.25) is 0 Å². The molecule has 3 unspecified atom stereocenters. The lowest BCUT2D eigenvalue weighted by Gasteiger charge is -2.26. The fraction of sp³-hybridized carbons (Fsp3) is 0.926. The molecular formula is C54H102N2O7S2. The van der Waals surface area contributed by atoms with E-state index in [2.05, 4.69) is 30.7 Å². The fourth-order valence-corrected chi connectivity index (χ4v) is 10.6. The first-order chi connectivity index (χ1) is 31.7. The Morgan fingerprint density at radius 1 is 0.538 bits per heavy atom. The normalized spacial score (nSPS) is 15.1. The third kappa shape index (κ3) is 38.3. The monoisotopic (exact) mass is 955 g/mol. The molecule has 0 amide bonds. The number of carbonyl (C=O) groups is 4. The van der Waals surface area contributed by atoms with Gasteiger partial charge in [0.25, 0.3) is 0 Å². The van der Waals surface area contributed by atoms with Crippen molar-refractivity contribution >= 4 is 47.2 Å². The van der Waals surface area contributed by atoms with Gasteiger partial charge in [0.2, 0.25) is 0 Å². The van der Waals surface area contributed by atoms with E-state index in [1.54, 1.807) is 0 Å². The van der Waals surface area contributed by atoms with Crippen LogP contribution in [-0.4, -0.2) is 116 Å². The van der Waals surface area contributed by atoms with Crippen molar-refractivity contribution in [3.05, 3.63) is 0 Å². The summed E-state index contributed by atoms with van der Waals surface area (Å²) in [5.74, 6) is 2.79. The van der Waals surface area contributed by atoms with Crippen molar-refractivity contribution in [2.75, 3.05) is 76.1 Å². The number of Topliss-reactive ketones (excluding diaryl/α,β-unsaturated/α-hetero) is 1. The van der Waals surface area contributed by atoms with Gasteiger partial charge in [-0.15, -0.1) is 0 Å². The van der Waals surface area contributed by atoms with Crippen molar-refractivity contribution in [2.45, 2.75) is 233 Å². The number of hydrogen-bond donors (Lipinski definition) is 0. The molecule has 0 bridgehead atoms. The molecule has 1 saturated heterocycles. The Morgan fingerprint density at radius 2 is 0.969 bits per heavy atom. The molecule has 0 aromatic rings. The summed E-state index contributed by atoms with van der Waals surface area (Å²) in [6, 6.07) is 0.523. The van der Waals surface area contributed by atoms with Crippen molar-refractivity contribution in [2.24, 2.45) is 11.8 Å². The van der Waals surface area contributed by atoms with Gasteiger partial charge in [0.15, 0.2) is 0 Å². The molecule has 0 radical (unpaired) electrons. The highest BCUT2D eigenvalue weighted by Gasteiger charge is 2.22. The number of nitrogens with zero attached hydrogens (tertiary/aromatic N) is 2. The minimum absolute atomic E-state index is 0.0519. The van der Waals surface area contributed by atoms with Crippen LogP contribution in [0.1, 0.15) is 227 Å². The van der Waals surface area contributed by atoms with E-state index in [4.69, 9.17) is 14.2 Å². The summed E-state index contributed by atoms with van der Waals surface area (Å²) in [5.41, 5.74) is 0. The van der Waals surface area contributed by atoms with Gasteiger partial charge in [-0.1, -0.05) is 169 Å². The Balaban J connectivity index is 2.17. The molecule has 0 aromatic carbocycles. The van der Waals surface area contributed by atoms with Crippen LogP contribution in [0.3, 0.4) is 0 Å². The zero-order chi connectivity index (χ0) is 47.4. The van der Waals surface area contributed by atoms with Crippen LogP contribution in [0.4, 0.5) is 0 Å². The summed E-state index contributed by atoms with van der Waals surface area (Å²) in [6.07, 6.45) is 37.2. The number of thioether (sulfide) groups is 2. The molecule has 382 valence electrons. The van der Waals surface area contributed by atoms with Gasteiger partial charge < -0.3 is 24.0 Å². The van der Waals surface area contributed by atoms with Crippen molar-refractivity contribution in [3.8, 4) is 0 Å². The maximum absolute atomic E-state index is 12.9. The lowest BCUT2D eigenvalue weighted by atomic mass is 10.1. The SMILES string of the molecule is CCCCCCCCCCCCCCSCC(C)C(=O)OCCCC(=O)CCN(CCC(=O)OCCOC(=O)C(C)CSCCCCCCCCCCCCCC)CCC1CCCN1C. The van der Waals surface area contributed by atoms with Gasteiger partial charge in [-0.05, 0) is 70.2 Å². The lowest BCUT2D eigenvalue weighted by Crippen LogP contribution is -2.34. The first kappa shape index (κ1) is 61.7. The van der Waals surface area contributed by atoms with E-state index in [0.29, 0.717) is 38.4 Å². The maximum Gasteiger partial charge on any atom is 0.309 e. The third-order valence-electron chi connectivity index (χ3n) is 13.0. The summed E-state index contributed by atoms with van der Waals surface area (Å²) >= 11 is 3.67. The molecule has 1 heterocycles. The summed E-state index contributed by atoms with van der Waals surface area (Å²) in [5, 5.41) is 0. The van der Waals surface area contributed by atoms with E-state index in [1.807, 2.05) is 37.4 Å². The van der Waals surface area contributed by atoms with Crippen LogP contribution in [-0.2, 0) is 33.4 Å². The third-order valence-corrected chi connectivity index (χ3v) is 15.7. The summed E-state index contributed by atoms with van der Waals surface area (Å²) < 4.78 is 16.4. The predicted molar refractivity (Wildman–Crippen MR) is 278 cm³/mol. The molecule has 0 aliphatic carbocycles. The number of ether oxygens (including phenoxy) is 3. The number of carbonyl (C=O) groups excluding carboxylic acids is 4. The van der Waals surface area contributed by atoms with Crippen LogP contribution < -0.4 is 0 Å². The number of esters is 3. The molecule has 65 heavy (non-hydrogen) atoms. The minimum Gasteiger partial charge on any atom is -0.465 e. The van der Waals surface area contributed by atoms with E-state index in [9.17, 15) is 19.2 Å². The zero-order valence-electron chi connectivity index (χ0n) is 43.0. The lowest BCUT2D eigenvalue weighted by molar-refractivity contribution is -0.154. The van der Waals surface area contributed by atoms with Crippen LogP contribution in [0.15, 0.2) is 0 Å². The minimum atomic E-state index is -0.319. The molecule has 1 aliphatic heterocycles. The summed E-state index contributed by atoms with van der Waals surface area (Å²) in [4.78, 5) is 55.2. The van der Waals surface area contributed by atoms with E-state index in [1.165, 1.54) is 167 Å². The van der Waals surface area contributed by atoms with Crippen LogP contribution in [0, 0.1) is 11.8 Å². The summed E-state index contributed by atoms with van der Waals surface area (Å²) in [7, 11) is 2.17. The Labute approximate surface area is 409 Å². The number of hydrogen-bond acceptors (Lipinski definition) is 11. The number of likely N-dealkylation sites (tertiary alicyclic amines) is 1. The largest absolute Gasteiger partial charge is 0.465 e. The Morgan fingerprint density at radius 3 is 1.43 bits per heavy atom. The van der Waals surface area contributed by atoms with Crippen molar-refractivity contribution in [1.29, 1.82) is 0 Å². The average Bonchev–Trinajstić information content (AvgIpc) is 3.72. The maximum atomic E-state index is 12.9. The standard InChI is InChI=1S/C54H102N2O7S2/c1-6-8-10-12-14-16-18-20-22-24-26-28-44-64-46-48(3)53(59)62-41-31-33-51(57)35-39-56(38-34-50-32-30-37-55(50)5)40-36-52(58)61-42-43-63-54(60)49(4)47-65-45-29-27-25-23-21-19-17-15-13-11-9-7-2/h48-50H,6-47H2,1-5H3. The second-order valence-electron chi connectivity index (χ2n) is 19.3. The Bertz CT molecular complexity index is 1070. The molecule has 0 spiro atoms. The average molecular weight is 956 g/mol. The van der Waals surface area contributed by atoms with Crippen LogP contribution in [0.5, 0.6) is 0 Å². The van der Waals surface area contributed by atoms with E-state index in [-0.39, 0.29) is 61.8 Å². The molecule has 11 heteroatoms. The van der Waals surface area contributed by atoms with Gasteiger partial charge in [-0.25, -0.2) is 0 Å². The van der Waals surface area contributed by atoms with Gasteiger partial charge in [-0.2, -0.15) is 23.5 Å². The van der Waals surface area contributed by atoms with Gasteiger partial charge >= 0.3 is 17.9 Å². The molecule has 1 rings (SSSR count). The number of ketones is 1. The molecule has 0 aromatic heterocycles. The highest BCUT2D eigenvalue weighted by Crippen LogP contribution is 2.20. The number of rotatable bonds is 48. The van der Waals surface area contributed by atoms with Gasteiger partial charge in [-0.3, -0.25) is 19.2 Å². The molecule has 1 aliphatic rings. The van der Waals surface area contributed by atoms with Crippen LogP contribution >= 0.6 is 23.5 Å². The van der Waals surface area contributed by atoms with Gasteiger partial charge in [0, 0.05) is 43.5 Å². The van der Waals surface area contributed by atoms with E-state index in [0.717, 1.165) is 42.5 Å². The molecule has 9 nitrogen and oxygen atoms in total. The van der Waals surface area contributed by atoms with Gasteiger partial charge in [0.05, 0.1) is 24.9 Å². The Hall–Kier alpha value is -1.30. The summed E-state index contributed by atoms with van der Waals surface area (Å²) in [6.45, 7) is 11.8. The zero-order valence-corrected chi connectivity index (χ0v) is 44.6. The molecule has 0 saturated carbocycles. The van der Waals surface area contributed by atoms with Gasteiger partial charge in [0.1, 0.15) is 19.0 Å². The highest BCUT2D eigenvalue weighted by molar-refractivity contribution is 7.99. The first-order valence-electron chi connectivity index (χ1n) is 27.3. The van der Waals surface area contributed by atoms with Crippen molar-refractivity contribution in [3.63, 3.8) is 0 Å². The van der Waals surface area contributed by atoms with Crippen molar-refractivity contribution < 1.29 is 33.4 Å². The van der Waals surface area contributed by atoms with Crippen LogP contribution in [0.25, 0.3) is 0 Å². The second kappa shape index (κ2) is 45.2. The molecular weight excluding hydrogens is 853 g/mol. The second-order valence-corrected chi connectivity index (χ2v) is 21.6. The quantitative estimate of drug-likeness (QED) is 0.0331. The fourth-order valence-electron chi connectivity index (χ4n) is 8.51. The first-order valence-corrected chi connectivity index (χ1v) is 29.6. The Kier molecular flexibility index (Phi) is 42.9. The molecule has 0 N–H and O–H groups in total. The topological polar surface area (TPSA) is 102 Å². The molecule has 1 fully saturated rings. The smallest absolute Gasteiger partial charge is 0.309 e. The highest BCUT2D eigenvalue weighted by atomic mass is 32.2. The molecule has 3 atom stereocenters.